The molecule has 0 saturated carbocycles. The maximum atomic E-state index is 13.6. The summed E-state index contributed by atoms with van der Waals surface area (Å²) >= 11 is 2.62. The fourth-order valence-corrected chi connectivity index (χ4v) is 6.06. The van der Waals surface area contributed by atoms with E-state index in [9.17, 15) is 19.7 Å². The highest BCUT2D eigenvalue weighted by molar-refractivity contribution is 7.10. The van der Waals surface area contributed by atoms with Crippen molar-refractivity contribution in [1.29, 1.82) is 0 Å². The fraction of sp³-hybridized carbons (Fsp3) is 0.192. The van der Waals surface area contributed by atoms with Crippen LogP contribution in [0.3, 0.4) is 0 Å². The van der Waals surface area contributed by atoms with E-state index in [0.717, 1.165) is 10.4 Å². The molecule has 4 aromatic rings. The van der Waals surface area contributed by atoms with Crippen LogP contribution in [0.4, 0.5) is 5.69 Å². The highest BCUT2D eigenvalue weighted by Crippen LogP contribution is 2.34. The van der Waals surface area contributed by atoms with E-state index in [1.54, 1.807) is 51.1 Å². The number of nitro groups is 1. The van der Waals surface area contributed by atoms with Crippen LogP contribution in [0.15, 0.2) is 73.3 Å². The Morgan fingerprint density at radius 1 is 1.27 bits per heavy atom. The smallest absolute Gasteiger partial charge is 0.338 e. The highest BCUT2D eigenvalue weighted by Gasteiger charge is 2.34. The van der Waals surface area contributed by atoms with Crippen LogP contribution < -0.4 is 14.9 Å². The SMILES string of the molecule is CCOC(=O)C1=C(C)N=c2s/c(=C/c3ccc(-c4ccc(C)cc4[N+](=O)[O-])o3)c(=O)n2[C@H]1c1cccs1. The first-order valence-electron chi connectivity index (χ1n) is 11.4. The van der Waals surface area contributed by atoms with E-state index in [1.165, 1.54) is 33.3 Å². The number of fused-ring (bicyclic) bond motifs is 1. The number of thiophene rings is 1. The number of ether oxygens (including phenoxy) is 1. The van der Waals surface area contributed by atoms with Gasteiger partial charge in [0.1, 0.15) is 17.6 Å². The number of carbonyl (C=O) groups excluding carboxylic acids is 1. The first-order valence-corrected chi connectivity index (χ1v) is 13.1. The predicted octanol–water partition coefficient (Wildman–Crippen LogP) is 4.34. The number of nitro benzene ring substituents is 1. The van der Waals surface area contributed by atoms with Crippen molar-refractivity contribution in [3.05, 3.63) is 105 Å². The molecule has 0 unspecified atom stereocenters. The van der Waals surface area contributed by atoms with Crippen molar-refractivity contribution in [2.45, 2.75) is 26.8 Å². The van der Waals surface area contributed by atoms with Crippen LogP contribution in [0.5, 0.6) is 0 Å². The monoisotopic (exact) mass is 535 g/mol. The van der Waals surface area contributed by atoms with Crippen LogP contribution in [0.2, 0.25) is 0 Å². The van der Waals surface area contributed by atoms with Crippen LogP contribution in [-0.4, -0.2) is 22.1 Å². The molecule has 1 atom stereocenters. The van der Waals surface area contributed by atoms with Crippen molar-refractivity contribution in [1.82, 2.24) is 4.57 Å². The second-order valence-electron chi connectivity index (χ2n) is 8.30. The maximum absolute atomic E-state index is 13.6. The number of allylic oxidation sites excluding steroid dienone is 1. The average molecular weight is 536 g/mol. The summed E-state index contributed by atoms with van der Waals surface area (Å²) in [7, 11) is 0. The van der Waals surface area contributed by atoms with Gasteiger partial charge < -0.3 is 9.15 Å². The zero-order valence-electron chi connectivity index (χ0n) is 20.1. The third kappa shape index (κ3) is 4.47. The minimum Gasteiger partial charge on any atom is -0.463 e. The number of hydrogen-bond donors (Lipinski definition) is 0. The first kappa shape index (κ1) is 24.6. The zero-order chi connectivity index (χ0) is 26.3. The Kier molecular flexibility index (Phi) is 6.48. The van der Waals surface area contributed by atoms with Gasteiger partial charge in [-0.25, -0.2) is 9.79 Å². The number of aromatic nitrogens is 1. The summed E-state index contributed by atoms with van der Waals surface area (Å²) < 4.78 is 13.0. The fourth-order valence-electron chi connectivity index (χ4n) is 4.21. The lowest BCUT2D eigenvalue weighted by Crippen LogP contribution is -2.39. The first-order chi connectivity index (χ1) is 17.8. The Hall–Kier alpha value is -4.09. The number of benzene rings is 1. The van der Waals surface area contributed by atoms with Gasteiger partial charge in [0.05, 0.1) is 32.9 Å². The lowest BCUT2D eigenvalue weighted by atomic mass is 10.0. The molecule has 0 radical (unpaired) electrons. The molecule has 0 bridgehead atoms. The number of hydrogen-bond acceptors (Lipinski definition) is 9. The predicted molar refractivity (Wildman–Crippen MR) is 140 cm³/mol. The number of esters is 1. The van der Waals surface area contributed by atoms with Gasteiger partial charge in [-0.1, -0.05) is 23.5 Å². The maximum Gasteiger partial charge on any atom is 0.338 e. The van der Waals surface area contributed by atoms with E-state index < -0.39 is 16.9 Å². The lowest BCUT2D eigenvalue weighted by Gasteiger charge is -2.23. The molecule has 0 fully saturated rings. The minimum absolute atomic E-state index is 0.0572. The lowest BCUT2D eigenvalue weighted by molar-refractivity contribution is -0.384. The van der Waals surface area contributed by atoms with Crippen molar-refractivity contribution >= 4 is 40.4 Å². The van der Waals surface area contributed by atoms with Gasteiger partial charge >= 0.3 is 5.97 Å². The molecule has 1 aliphatic heterocycles. The second kappa shape index (κ2) is 9.75. The molecule has 188 valence electrons. The molecule has 9 nitrogen and oxygen atoms in total. The minimum atomic E-state index is -0.653. The molecule has 4 heterocycles. The number of furan rings is 1. The molecule has 5 rings (SSSR count). The molecule has 37 heavy (non-hydrogen) atoms. The van der Waals surface area contributed by atoms with Gasteiger partial charge in [-0.2, -0.15) is 0 Å². The quantitative estimate of drug-likeness (QED) is 0.206. The van der Waals surface area contributed by atoms with Gasteiger partial charge in [0.25, 0.3) is 11.2 Å². The molecule has 0 spiro atoms. The Bertz CT molecular complexity index is 1740. The molecule has 11 heteroatoms. The third-order valence-corrected chi connectivity index (χ3v) is 7.75. The van der Waals surface area contributed by atoms with Crippen molar-refractivity contribution in [2.75, 3.05) is 6.61 Å². The van der Waals surface area contributed by atoms with Gasteiger partial charge in [-0.15, -0.1) is 11.3 Å². The highest BCUT2D eigenvalue weighted by atomic mass is 32.1. The summed E-state index contributed by atoms with van der Waals surface area (Å²) in [5, 5.41) is 13.4. The molecule has 1 aliphatic rings. The summed E-state index contributed by atoms with van der Waals surface area (Å²) in [6, 6.07) is 11.3. The van der Waals surface area contributed by atoms with E-state index in [2.05, 4.69) is 4.99 Å². The average Bonchev–Trinajstić information content (AvgIpc) is 3.60. The largest absolute Gasteiger partial charge is 0.463 e. The van der Waals surface area contributed by atoms with Crippen LogP contribution in [0, 0.1) is 17.0 Å². The molecule has 0 N–H and O–H groups in total. The van der Waals surface area contributed by atoms with E-state index in [0.29, 0.717) is 37.7 Å². The Morgan fingerprint density at radius 2 is 2.08 bits per heavy atom. The van der Waals surface area contributed by atoms with Crippen LogP contribution in [-0.2, 0) is 9.53 Å². The van der Waals surface area contributed by atoms with Gasteiger partial charge in [-0.05, 0) is 56.0 Å². The number of aryl methyl sites for hydroxylation is 1. The summed E-state index contributed by atoms with van der Waals surface area (Å²) in [6.07, 6.45) is 1.59. The summed E-state index contributed by atoms with van der Waals surface area (Å²) in [6.45, 7) is 5.45. The number of rotatable bonds is 6. The topological polar surface area (TPSA) is 117 Å². The van der Waals surface area contributed by atoms with Crippen molar-refractivity contribution < 1.29 is 18.9 Å². The van der Waals surface area contributed by atoms with Crippen molar-refractivity contribution in [3.63, 3.8) is 0 Å². The number of nitrogens with zero attached hydrogens (tertiary/aromatic N) is 3. The van der Waals surface area contributed by atoms with Crippen LogP contribution in [0.1, 0.15) is 36.1 Å². The van der Waals surface area contributed by atoms with E-state index in [4.69, 9.17) is 9.15 Å². The summed E-state index contributed by atoms with van der Waals surface area (Å²) in [5.41, 5.74) is 1.56. The van der Waals surface area contributed by atoms with E-state index in [1.807, 2.05) is 17.5 Å². The molecular weight excluding hydrogens is 514 g/mol. The Morgan fingerprint density at radius 3 is 2.78 bits per heavy atom. The van der Waals surface area contributed by atoms with Gasteiger partial charge in [-0.3, -0.25) is 19.5 Å². The van der Waals surface area contributed by atoms with E-state index >= 15 is 0 Å². The third-order valence-electron chi connectivity index (χ3n) is 5.85. The Labute approximate surface area is 218 Å². The number of thiazole rings is 1. The number of carbonyl (C=O) groups is 1. The van der Waals surface area contributed by atoms with Gasteiger partial charge in [0.2, 0.25) is 0 Å². The second-order valence-corrected chi connectivity index (χ2v) is 10.3. The normalized spacial score (nSPS) is 15.4. The summed E-state index contributed by atoms with van der Waals surface area (Å²) in [4.78, 5) is 43.4. The van der Waals surface area contributed by atoms with Crippen LogP contribution >= 0.6 is 22.7 Å². The molecular formula is C26H21N3O6S2. The molecule has 0 aliphatic carbocycles. The van der Waals surface area contributed by atoms with Gasteiger partial charge in [0.15, 0.2) is 4.80 Å². The molecule has 3 aromatic heterocycles. The molecule has 1 aromatic carbocycles. The van der Waals surface area contributed by atoms with Gasteiger partial charge in [0, 0.05) is 17.0 Å². The van der Waals surface area contributed by atoms with E-state index in [-0.39, 0.29) is 17.9 Å². The Balaban J connectivity index is 1.62. The standard InChI is InChI=1S/C26H21N3O6S2/c1-4-34-25(31)22-15(3)27-26-28(23(22)20-6-5-11-36-20)24(30)21(37-26)13-16-8-10-19(35-16)17-9-7-14(2)12-18(17)29(32)33/h5-13,23H,4H2,1-3H3/b21-13+/t23-/m0/s1. The molecule has 0 amide bonds. The van der Waals surface area contributed by atoms with Crippen LogP contribution in [0.25, 0.3) is 17.4 Å². The summed E-state index contributed by atoms with van der Waals surface area (Å²) in [5.74, 6) is 0.179. The molecule has 0 saturated heterocycles. The van der Waals surface area contributed by atoms with Crippen molar-refractivity contribution in [3.8, 4) is 11.3 Å². The zero-order valence-corrected chi connectivity index (χ0v) is 21.7. The van der Waals surface area contributed by atoms with Crippen molar-refractivity contribution in [2.24, 2.45) is 4.99 Å².